The van der Waals surface area contributed by atoms with Crippen molar-refractivity contribution in [1.82, 2.24) is 0 Å². The normalized spacial score (nSPS) is 28.7. The summed E-state index contributed by atoms with van der Waals surface area (Å²) in [5, 5.41) is 0. The smallest absolute Gasteiger partial charge is 0.313 e. The molecule has 0 bridgehead atoms. The first-order valence-electron chi connectivity index (χ1n) is 6.75. The molecule has 106 valence electrons. The molecule has 0 amide bonds. The largest absolute Gasteiger partial charge is 0.478 e. The Bertz CT molecular complexity index is 414. The van der Waals surface area contributed by atoms with Gasteiger partial charge in [0.25, 0.3) is 0 Å². The molecule has 0 aromatic rings. The van der Waals surface area contributed by atoms with E-state index in [-0.39, 0.29) is 29.6 Å². The minimum absolute atomic E-state index is 0.0407. The molecule has 19 heavy (non-hydrogen) atoms. The minimum Gasteiger partial charge on any atom is -0.478 e. The average molecular weight is 267 g/mol. The topological polar surface area (TPSA) is 65.0 Å². The first-order valence-corrected chi connectivity index (χ1v) is 6.75. The van der Waals surface area contributed by atoms with Gasteiger partial charge in [0.1, 0.15) is 18.8 Å². The number of Topliss-reactive ketones (excluding diaryl/α,β-unsaturated/α-hetero) is 1. The lowest BCUT2D eigenvalue weighted by molar-refractivity contribution is -0.144. The van der Waals surface area contributed by atoms with Crippen LogP contribution in [0.4, 0.5) is 0 Å². The van der Waals surface area contributed by atoms with Gasteiger partial charge in [-0.1, -0.05) is 6.42 Å². The van der Waals surface area contributed by atoms with Gasteiger partial charge in [-0.2, -0.15) is 0 Å². The quantitative estimate of drug-likeness (QED) is 0.575. The predicted octanol–water partition coefficient (Wildman–Crippen LogP) is 1.74. The molecule has 2 rings (SSSR count). The maximum absolute atomic E-state index is 12.1. The first-order chi connectivity index (χ1) is 8.93. The van der Waals surface area contributed by atoms with Crippen molar-refractivity contribution in [2.24, 2.45) is 16.8 Å². The number of nitrogens with zero attached hydrogens (tertiary/aromatic N) is 1. The van der Waals surface area contributed by atoms with Crippen LogP contribution in [0.2, 0.25) is 0 Å². The van der Waals surface area contributed by atoms with Gasteiger partial charge in [-0.25, -0.2) is 4.99 Å². The number of hydrogen-bond acceptors (Lipinski definition) is 5. The standard InChI is InChI=1S/C14H21NO4/c1-14(2)8-19-13(15-14)10-6-4-5-9(10)11(16)7-12(17)18-3/h9-10H,4-8H2,1-3H3. The summed E-state index contributed by atoms with van der Waals surface area (Å²) < 4.78 is 10.2. The molecule has 5 heteroatoms. The third kappa shape index (κ3) is 3.14. The van der Waals surface area contributed by atoms with Crippen molar-refractivity contribution < 1.29 is 19.1 Å². The predicted molar refractivity (Wildman–Crippen MR) is 69.9 cm³/mol. The molecule has 0 spiro atoms. The number of hydrogen-bond donors (Lipinski definition) is 0. The molecule has 2 unspecified atom stereocenters. The van der Waals surface area contributed by atoms with Crippen LogP contribution in [0.1, 0.15) is 39.5 Å². The van der Waals surface area contributed by atoms with Crippen LogP contribution in [0.25, 0.3) is 0 Å². The molecule has 1 saturated carbocycles. The molecule has 1 aliphatic heterocycles. The summed E-state index contributed by atoms with van der Waals surface area (Å²) in [5.41, 5.74) is -0.201. The van der Waals surface area contributed by atoms with Crippen molar-refractivity contribution in [2.75, 3.05) is 13.7 Å². The number of ketones is 1. The molecule has 0 radical (unpaired) electrons. The van der Waals surface area contributed by atoms with Gasteiger partial charge in [0.2, 0.25) is 0 Å². The second kappa shape index (κ2) is 5.31. The first kappa shape index (κ1) is 14.0. The Morgan fingerprint density at radius 2 is 2.16 bits per heavy atom. The zero-order valence-corrected chi connectivity index (χ0v) is 11.8. The highest BCUT2D eigenvalue weighted by molar-refractivity contribution is 5.99. The Morgan fingerprint density at radius 1 is 1.42 bits per heavy atom. The molecule has 0 N–H and O–H groups in total. The van der Waals surface area contributed by atoms with E-state index in [0.29, 0.717) is 12.5 Å². The molecule has 2 atom stereocenters. The van der Waals surface area contributed by atoms with E-state index in [0.717, 1.165) is 19.3 Å². The molecule has 0 aromatic carbocycles. The summed E-state index contributed by atoms with van der Waals surface area (Å²) >= 11 is 0. The van der Waals surface area contributed by atoms with E-state index in [2.05, 4.69) is 9.73 Å². The number of carbonyl (C=O) groups is 2. The van der Waals surface area contributed by atoms with Crippen LogP contribution in [-0.4, -0.2) is 36.9 Å². The Kier molecular flexibility index (Phi) is 3.92. The SMILES string of the molecule is COC(=O)CC(=O)C1CCCC1C1=NC(C)(C)CO1. The van der Waals surface area contributed by atoms with Gasteiger partial charge in [0.15, 0.2) is 5.90 Å². The number of methoxy groups -OCH3 is 1. The van der Waals surface area contributed by atoms with Gasteiger partial charge in [-0.3, -0.25) is 9.59 Å². The van der Waals surface area contributed by atoms with Gasteiger partial charge in [0, 0.05) is 11.8 Å². The second-order valence-electron chi connectivity index (χ2n) is 5.91. The van der Waals surface area contributed by atoms with Gasteiger partial charge in [-0.05, 0) is 26.7 Å². The van der Waals surface area contributed by atoms with E-state index >= 15 is 0 Å². The van der Waals surface area contributed by atoms with E-state index in [9.17, 15) is 9.59 Å². The Morgan fingerprint density at radius 3 is 2.74 bits per heavy atom. The highest BCUT2D eigenvalue weighted by atomic mass is 16.5. The van der Waals surface area contributed by atoms with Crippen LogP contribution < -0.4 is 0 Å². The van der Waals surface area contributed by atoms with Crippen molar-refractivity contribution in [3.8, 4) is 0 Å². The molecule has 2 aliphatic rings. The molecular formula is C14H21NO4. The van der Waals surface area contributed by atoms with Crippen LogP contribution in [0.5, 0.6) is 0 Å². The molecule has 0 aromatic heterocycles. The van der Waals surface area contributed by atoms with Gasteiger partial charge in [-0.15, -0.1) is 0 Å². The van der Waals surface area contributed by atoms with Crippen LogP contribution in [0.3, 0.4) is 0 Å². The van der Waals surface area contributed by atoms with Crippen molar-refractivity contribution in [3.05, 3.63) is 0 Å². The van der Waals surface area contributed by atoms with E-state index in [4.69, 9.17) is 4.74 Å². The zero-order valence-electron chi connectivity index (χ0n) is 11.8. The number of ether oxygens (including phenoxy) is 2. The lowest BCUT2D eigenvalue weighted by atomic mass is 9.90. The Hall–Kier alpha value is -1.39. The molecule has 1 fully saturated rings. The summed E-state index contributed by atoms with van der Waals surface area (Å²) in [5.74, 6) is 0.0759. The molecule has 5 nitrogen and oxygen atoms in total. The number of aliphatic imine (C=N–C) groups is 1. The minimum atomic E-state index is -0.467. The Labute approximate surface area is 113 Å². The molecule has 1 aliphatic carbocycles. The zero-order chi connectivity index (χ0) is 14.0. The molecular weight excluding hydrogens is 246 g/mol. The van der Waals surface area contributed by atoms with E-state index in [1.54, 1.807) is 0 Å². The number of esters is 1. The van der Waals surface area contributed by atoms with Crippen molar-refractivity contribution in [2.45, 2.75) is 45.1 Å². The van der Waals surface area contributed by atoms with Crippen LogP contribution in [-0.2, 0) is 19.1 Å². The van der Waals surface area contributed by atoms with Crippen molar-refractivity contribution >= 4 is 17.7 Å². The Balaban J connectivity index is 2.05. The monoisotopic (exact) mass is 267 g/mol. The summed E-state index contributed by atoms with van der Waals surface area (Å²) in [6.45, 7) is 4.59. The van der Waals surface area contributed by atoms with Gasteiger partial charge < -0.3 is 9.47 Å². The maximum atomic E-state index is 12.1. The third-order valence-corrected chi connectivity index (χ3v) is 3.78. The summed E-state index contributed by atoms with van der Waals surface area (Å²) in [6, 6.07) is 0. The van der Waals surface area contributed by atoms with E-state index in [1.165, 1.54) is 7.11 Å². The van der Waals surface area contributed by atoms with Gasteiger partial charge in [0.05, 0.1) is 12.6 Å². The van der Waals surface area contributed by atoms with Crippen molar-refractivity contribution in [1.29, 1.82) is 0 Å². The van der Waals surface area contributed by atoms with Gasteiger partial charge >= 0.3 is 5.97 Å². The number of rotatable bonds is 4. The summed E-state index contributed by atoms with van der Waals surface area (Å²) in [4.78, 5) is 27.9. The average Bonchev–Trinajstić information content (AvgIpc) is 2.94. The highest BCUT2D eigenvalue weighted by Gasteiger charge is 2.41. The lowest BCUT2D eigenvalue weighted by Gasteiger charge is -2.17. The van der Waals surface area contributed by atoms with Crippen molar-refractivity contribution in [3.63, 3.8) is 0 Å². The molecule has 1 heterocycles. The fraction of sp³-hybridized carbons (Fsp3) is 0.786. The highest BCUT2D eigenvalue weighted by Crippen LogP contribution is 2.37. The maximum Gasteiger partial charge on any atom is 0.313 e. The van der Waals surface area contributed by atoms with Crippen LogP contribution in [0.15, 0.2) is 4.99 Å². The number of carbonyl (C=O) groups excluding carboxylic acids is 2. The van der Waals surface area contributed by atoms with E-state index < -0.39 is 5.97 Å². The summed E-state index contributed by atoms with van der Waals surface area (Å²) in [7, 11) is 1.30. The fourth-order valence-corrected chi connectivity index (χ4v) is 2.79. The summed E-state index contributed by atoms with van der Waals surface area (Å²) in [6.07, 6.45) is 2.55. The second-order valence-corrected chi connectivity index (χ2v) is 5.91. The van der Waals surface area contributed by atoms with Crippen LogP contribution in [0, 0.1) is 11.8 Å². The fourth-order valence-electron chi connectivity index (χ4n) is 2.79. The van der Waals surface area contributed by atoms with Crippen LogP contribution >= 0.6 is 0 Å². The van der Waals surface area contributed by atoms with E-state index in [1.807, 2.05) is 13.8 Å². The third-order valence-electron chi connectivity index (χ3n) is 3.78. The lowest BCUT2D eigenvalue weighted by Crippen LogP contribution is -2.27. The molecule has 0 saturated heterocycles.